The summed E-state index contributed by atoms with van der Waals surface area (Å²) in [6.07, 6.45) is 3.44. The van der Waals surface area contributed by atoms with Gasteiger partial charge in [-0.2, -0.15) is 0 Å². The van der Waals surface area contributed by atoms with Crippen LogP contribution in [0.2, 0.25) is 0 Å². The molecule has 0 fully saturated rings. The van der Waals surface area contributed by atoms with E-state index < -0.39 is 0 Å². The van der Waals surface area contributed by atoms with Crippen molar-refractivity contribution in [3.63, 3.8) is 0 Å². The van der Waals surface area contributed by atoms with Gasteiger partial charge in [-0.25, -0.2) is 0 Å². The first-order chi connectivity index (χ1) is 9.66. The van der Waals surface area contributed by atoms with E-state index in [0.29, 0.717) is 6.54 Å². The molecule has 0 spiro atoms. The number of para-hydroxylation sites is 1. The third kappa shape index (κ3) is 3.82. The minimum atomic E-state index is -0.0236. The van der Waals surface area contributed by atoms with E-state index in [0.717, 1.165) is 22.4 Å². The molecule has 0 saturated carbocycles. The Hall–Kier alpha value is -2.36. The number of benzene rings is 1. The molecule has 104 valence electrons. The number of pyridine rings is 1. The maximum Gasteiger partial charge on any atom is 0.239 e. The van der Waals surface area contributed by atoms with E-state index in [2.05, 4.69) is 15.6 Å². The molecule has 1 heterocycles. The van der Waals surface area contributed by atoms with Crippen molar-refractivity contribution in [2.24, 2.45) is 0 Å². The summed E-state index contributed by atoms with van der Waals surface area (Å²) in [7, 11) is 0. The molecule has 4 heteroatoms. The molecule has 0 saturated heterocycles. The molecule has 4 nitrogen and oxygen atoms in total. The summed E-state index contributed by atoms with van der Waals surface area (Å²) in [6, 6.07) is 9.85. The van der Waals surface area contributed by atoms with Crippen molar-refractivity contribution >= 4 is 11.6 Å². The van der Waals surface area contributed by atoms with Crippen LogP contribution in [-0.2, 0) is 11.3 Å². The average molecular weight is 269 g/mol. The summed E-state index contributed by atoms with van der Waals surface area (Å²) in [5, 5.41) is 6.07. The normalized spacial score (nSPS) is 10.1. The molecule has 0 aliphatic carbocycles. The Bertz CT molecular complexity index is 561. The lowest BCUT2D eigenvalue weighted by atomic mass is 10.1. The van der Waals surface area contributed by atoms with Gasteiger partial charge in [0.05, 0.1) is 6.54 Å². The zero-order chi connectivity index (χ0) is 14.4. The van der Waals surface area contributed by atoms with E-state index in [1.54, 1.807) is 12.4 Å². The van der Waals surface area contributed by atoms with Crippen molar-refractivity contribution in [1.82, 2.24) is 10.3 Å². The molecule has 2 aromatic rings. The summed E-state index contributed by atoms with van der Waals surface area (Å²) >= 11 is 0. The molecular formula is C16H19N3O. The van der Waals surface area contributed by atoms with Gasteiger partial charge >= 0.3 is 0 Å². The van der Waals surface area contributed by atoms with Crippen molar-refractivity contribution in [1.29, 1.82) is 0 Å². The minimum Gasteiger partial charge on any atom is -0.376 e. The summed E-state index contributed by atoms with van der Waals surface area (Å²) in [5.74, 6) is -0.0236. The molecule has 0 bridgehead atoms. The van der Waals surface area contributed by atoms with Gasteiger partial charge in [-0.1, -0.05) is 18.2 Å². The van der Waals surface area contributed by atoms with Gasteiger partial charge in [0, 0.05) is 24.6 Å². The van der Waals surface area contributed by atoms with E-state index >= 15 is 0 Å². The summed E-state index contributed by atoms with van der Waals surface area (Å²) in [5.41, 5.74) is 4.37. The zero-order valence-corrected chi connectivity index (χ0v) is 11.8. The van der Waals surface area contributed by atoms with Gasteiger partial charge in [0.1, 0.15) is 0 Å². The van der Waals surface area contributed by atoms with Crippen molar-refractivity contribution in [2.45, 2.75) is 20.4 Å². The van der Waals surface area contributed by atoms with Crippen molar-refractivity contribution in [3.8, 4) is 0 Å². The molecule has 0 atom stereocenters. The highest BCUT2D eigenvalue weighted by Crippen LogP contribution is 2.18. The van der Waals surface area contributed by atoms with Crippen LogP contribution in [0.25, 0.3) is 0 Å². The molecule has 1 amide bonds. The van der Waals surface area contributed by atoms with Gasteiger partial charge in [0.2, 0.25) is 5.91 Å². The Morgan fingerprint density at radius 3 is 2.40 bits per heavy atom. The zero-order valence-electron chi connectivity index (χ0n) is 11.8. The first-order valence-corrected chi connectivity index (χ1v) is 6.62. The Balaban J connectivity index is 1.84. The van der Waals surface area contributed by atoms with Crippen LogP contribution in [0.1, 0.15) is 16.7 Å². The van der Waals surface area contributed by atoms with Crippen LogP contribution >= 0.6 is 0 Å². The van der Waals surface area contributed by atoms with Crippen molar-refractivity contribution in [2.75, 3.05) is 11.9 Å². The maximum absolute atomic E-state index is 11.8. The van der Waals surface area contributed by atoms with Gasteiger partial charge in [-0.15, -0.1) is 0 Å². The predicted octanol–water partition coefficient (Wildman–Crippen LogP) is 2.43. The van der Waals surface area contributed by atoms with Gasteiger partial charge in [0.15, 0.2) is 0 Å². The topological polar surface area (TPSA) is 54.0 Å². The molecule has 20 heavy (non-hydrogen) atoms. The first-order valence-electron chi connectivity index (χ1n) is 6.62. The second kappa shape index (κ2) is 6.70. The van der Waals surface area contributed by atoms with Gasteiger partial charge in [-0.3, -0.25) is 9.78 Å². The van der Waals surface area contributed by atoms with Crippen molar-refractivity contribution < 1.29 is 4.79 Å². The number of carbonyl (C=O) groups is 1. The lowest BCUT2D eigenvalue weighted by Crippen LogP contribution is -2.29. The molecule has 0 unspecified atom stereocenters. The molecule has 2 rings (SSSR count). The van der Waals surface area contributed by atoms with Crippen LogP contribution in [0, 0.1) is 13.8 Å². The molecule has 1 aromatic carbocycles. The highest BCUT2D eigenvalue weighted by atomic mass is 16.1. The monoisotopic (exact) mass is 269 g/mol. The smallest absolute Gasteiger partial charge is 0.239 e. The number of aryl methyl sites for hydroxylation is 2. The second-order valence-electron chi connectivity index (χ2n) is 4.75. The fraction of sp³-hybridized carbons (Fsp3) is 0.250. The summed E-state index contributed by atoms with van der Waals surface area (Å²) in [4.78, 5) is 15.8. The molecule has 2 N–H and O–H groups in total. The van der Waals surface area contributed by atoms with Crippen LogP contribution in [0.4, 0.5) is 5.69 Å². The number of nitrogens with one attached hydrogen (secondary N) is 2. The summed E-state index contributed by atoms with van der Waals surface area (Å²) in [6.45, 7) is 4.86. The average Bonchev–Trinajstić information content (AvgIpc) is 2.46. The van der Waals surface area contributed by atoms with Crippen LogP contribution in [0.3, 0.4) is 0 Å². The molecule has 0 aliphatic rings. The standard InChI is InChI=1S/C16H19N3O/c1-12-4-3-5-13(2)16(12)19-11-15(20)18-10-14-6-8-17-9-7-14/h3-9,19H,10-11H2,1-2H3,(H,18,20). The first kappa shape index (κ1) is 14.1. The number of amides is 1. The third-order valence-corrected chi connectivity index (χ3v) is 3.15. The fourth-order valence-corrected chi connectivity index (χ4v) is 2.03. The number of rotatable bonds is 5. The Labute approximate surface area is 119 Å². The Morgan fingerprint density at radius 2 is 1.75 bits per heavy atom. The van der Waals surface area contributed by atoms with Gasteiger partial charge in [0.25, 0.3) is 0 Å². The molecule has 0 radical (unpaired) electrons. The largest absolute Gasteiger partial charge is 0.376 e. The van der Waals surface area contributed by atoms with E-state index in [-0.39, 0.29) is 12.5 Å². The number of carbonyl (C=O) groups excluding carboxylic acids is 1. The van der Waals surface area contributed by atoms with E-state index in [1.165, 1.54) is 0 Å². The van der Waals surface area contributed by atoms with Crippen LogP contribution in [0.15, 0.2) is 42.7 Å². The quantitative estimate of drug-likeness (QED) is 0.876. The number of nitrogens with zero attached hydrogens (tertiary/aromatic N) is 1. The van der Waals surface area contributed by atoms with Gasteiger partial charge in [-0.05, 0) is 42.7 Å². The van der Waals surface area contributed by atoms with Gasteiger partial charge < -0.3 is 10.6 Å². The molecule has 0 aliphatic heterocycles. The van der Waals surface area contributed by atoms with E-state index in [9.17, 15) is 4.79 Å². The SMILES string of the molecule is Cc1cccc(C)c1NCC(=O)NCc1ccncc1. The Morgan fingerprint density at radius 1 is 1.10 bits per heavy atom. The van der Waals surface area contributed by atoms with E-state index in [1.807, 2.05) is 44.2 Å². The Kier molecular flexibility index (Phi) is 4.71. The predicted molar refractivity (Wildman–Crippen MR) is 80.5 cm³/mol. The highest BCUT2D eigenvalue weighted by molar-refractivity contribution is 5.81. The molecular weight excluding hydrogens is 250 g/mol. The number of hydrogen-bond donors (Lipinski definition) is 2. The lowest BCUT2D eigenvalue weighted by molar-refractivity contribution is -0.119. The second-order valence-corrected chi connectivity index (χ2v) is 4.75. The number of aromatic nitrogens is 1. The summed E-state index contributed by atoms with van der Waals surface area (Å²) < 4.78 is 0. The fourth-order valence-electron chi connectivity index (χ4n) is 2.03. The van der Waals surface area contributed by atoms with Crippen LogP contribution in [0.5, 0.6) is 0 Å². The third-order valence-electron chi connectivity index (χ3n) is 3.15. The van der Waals surface area contributed by atoms with Crippen LogP contribution < -0.4 is 10.6 Å². The van der Waals surface area contributed by atoms with E-state index in [4.69, 9.17) is 0 Å². The highest BCUT2D eigenvalue weighted by Gasteiger charge is 2.05. The van der Waals surface area contributed by atoms with Crippen LogP contribution in [-0.4, -0.2) is 17.4 Å². The lowest BCUT2D eigenvalue weighted by Gasteiger charge is -2.12. The minimum absolute atomic E-state index is 0.0236. The maximum atomic E-state index is 11.8. The number of anilines is 1. The van der Waals surface area contributed by atoms with Crippen molar-refractivity contribution in [3.05, 3.63) is 59.4 Å². The number of hydrogen-bond acceptors (Lipinski definition) is 3. The molecule has 1 aromatic heterocycles.